The second-order valence-corrected chi connectivity index (χ2v) is 5.49. The first-order valence-electron chi connectivity index (χ1n) is 7.13. The molecule has 2 aromatic carbocycles. The summed E-state index contributed by atoms with van der Waals surface area (Å²) in [5.74, 6) is -0.273. The molecule has 0 bridgehead atoms. The molecule has 1 heterocycles. The summed E-state index contributed by atoms with van der Waals surface area (Å²) in [5.41, 5.74) is 3.45. The monoisotopic (exact) mass is 326 g/mol. The molecule has 1 aromatic heterocycles. The van der Waals surface area contributed by atoms with Crippen LogP contribution in [0, 0.1) is 0 Å². The first-order chi connectivity index (χ1) is 11.2. The van der Waals surface area contributed by atoms with Gasteiger partial charge in [0, 0.05) is 28.0 Å². The maximum atomic E-state index is 11.6. The van der Waals surface area contributed by atoms with E-state index in [1.165, 1.54) is 7.11 Å². The molecule has 0 aliphatic heterocycles. The third kappa shape index (κ3) is 3.43. The number of pyridine rings is 1. The summed E-state index contributed by atoms with van der Waals surface area (Å²) in [5, 5.41) is 4.98. The molecule has 3 rings (SSSR count). The van der Waals surface area contributed by atoms with Gasteiger partial charge in [0.25, 0.3) is 0 Å². The smallest absolute Gasteiger partial charge is 0.310 e. The highest BCUT2D eigenvalue weighted by Gasteiger charge is 2.09. The van der Waals surface area contributed by atoms with Crippen LogP contribution >= 0.6 is 11.6 Å². The van der Waals surface area contributed by atoms with Crippen molar-refractivity contribution >= 4 is 39.8 Å². The summed E-state index contributed by atoms with van der Waals surface area (Å²) < 4.78 is 4.75. The van der Waals surface area contributed by atoms with E-state index in [1.807, 2.05) is 48.5 Å². The minimum absolute atomic E-state index is 0.217. The Bertz CT molecular complexity index is 865. The summed E-state index contributed by atoms with van der Waals surface area (Å²) in [6, 6.07) is 15.1. The molecule has 0 aliphatic rings. The van der Waals surface area contributed by atoms with Crippen molar-refractivity contribution in [3.63, 3.8) is 0 Å². The van der Waals surface area contributed by atoms with Gasteiger partial charge in [-0.3, -0.25) is 9.78 Å². The molecule has 0 radical (unpaired) electrons. The van der Waals surface area contributed by atoms with E-state index in [0.29, 0.717) is 5.02 Å². The first kappa shape index (κ1) is 15.3. The largest absolute Gasteiger partial charge is 0.469 e. The van der Waals surface area contributed by atoms with Crippen molar-refractivity contribution in [2.45, 2.75) is 6.42 Å². The molecule has 0 saturated heterocycles. The summed E-state index contributed by atoms with van der Waals surface area (Å²) in [6.45, 7) is 0. The number of para-hydroxylation sites is 1. The molecule has 4 nitrogen and oxygen atoms in total. The number of benzene rings is 2. The Kier molecular flexibility index (Phi) is 4.44. The van der Waals surface area contributed by atoms with Crippen molar-refractivity contribution in [3.05, 3.63) is 65.3 Å². The van der Waals surface area contributed by atoms with E-state index < -0.39 is 0 Å². The lowest BCUT2D eigenvalue weighted by atomic mass is 10.1. The number of aromatic nitrogens is 1. The lowest BCUT2D eigenvalue weighted by Crippen LogP contribution is -2.06. The highest BCUT2D eigenvalue weighted by Crippen LogP contribution is 2.28. The number of rotatable bonds is 4. The van der Waals surface area contributed by atoms with E-state index in [0.717, 1.165) is 27.8 Å². The number of hydrogen-bond donors (Lipinski definition) is 1. The van der Waals surface area contributed by atoms with Crippen molar-refractivity contribution < 1.29 is 9.53 Å². The molecular weight excluding hydrogens is 312 g/mol. The van der Waals surface area contributed by atoms with Gasteiger partial charge in [-0.1, -0.05) is 29.8 Å². The quantitative estimate of drug-likeness (QED) is 0.724. The third-order valence-corrected chi connectivity index (χ3v) is 3.79. The number of hydrogen-bond acceptors (Lipinski definition) is 4. The number of esters is 1. The highest BCUT2D eigenvalue weighted by atomic mass is 35.5. The normalized spacial score (nSPS) is 10.5. The Morgan fingerprint density at radius 2 is 2.00 bits per heavy atom. The molecule has 116 valence electrons. The van der Waals surface area contributed by atoms with E-state index in [4.69, 9.17) is 16.3 Å². The standard InChI is InChI=1S/C18H15ClN2O2/c1-23-18(22)10-12-4-2-3-5-15(12)21-16-8-9-20-17-11-13(19)6-7-14(16)17/h2-9,11H,10H2,1H3,(H,20,21). The van der Waals surface area contributed by atoms with Crippen LogP contribution in [0.15, 0.2) is 54.7 Å². The topological polar surface area (TPSA) is 51.2 Å². The highest BCUT2D eigenvalue weighted by molar-refractivity contribution is 6.31. The number of nitrogens with zero attached hydrogens (tertiary/aromatic N) is 1. The molecular formula is C18H15ClN2O2. The third-order valence-electron chi connectivity index (χ3n) is 3.55. The minimum Gasteiger partial charge on any atom is -0.469 e. The van der Waals surface area contributed by atoms with Crippen LogP contribution in [0.1, 0.15) is 5.56 Å². The van der Waals surface area contributed by atoms with E-state index in [-0.39, 0.29) is 12.4 Å². The number of fused-ring (bicyclic) bond motifs is 1. The van der Waals surface area contributed by atoms with Crippen LogP contribution < -0.4 is 5.32 Å². The number of nitrogens with one attached hydrogen (secondary N) is 1. The average molecular weight is 327 g/mol. The Hall–Kier alpha value is -2.59. The van der Waals surface area contributed by atoms with Crippen LogP contribution in [0.25, 0.3) is 10.9 Å². The van der Waals surface area contributed by atoms with Crippen molar-refractivity contribution in [2.24, 2.45) is 0 Å². The van der Waals surface area contributed by atoms with Crippen molar-refractivity contribution in [1.82, 2.24) is 4.98 Å². The van der Waals surface area contributed by atoms with Crippen LogP contribution in [0.2, 0.25) is 5.02 Å². The molecule has 1 N–H and O–H groups in total. The van der Waals surface area contributed by atoms with Crippen LogP contribution in [-0.2, 0) is 16.0 Å². The second kappa shape index (κ2) is 6.67. The fourth-order valence-electron chi connectivity index (χ4n) is 2.40. The van der Waals surface area contributed by atoms with Gasteiger partial charge in [-0.05, 0) is 35.9 Å². The number of carbonyl (C=O) groups is 1. The summed E-state index contributed by atoms with van der Waals surface area (Å²) in [4.78, 5) is 15.9. The average Bonchev–Trinajstić information content (AvgIpc) is 2.56. The van der Waals surface area contributed by atoms with Gasteiger partial charge in [0.05, 0.1) is 19.0 Å². The minimum atomic E-state index is -0.273. The lowest BCUT2D eigenvalue weighted by molar-refractivity contribution is -0.139. The van der Waals surface area contributed by atoms with Crippen LogP contribution in [0.4, 0.5) is 11.4 Å². The Labute approximate surface area is 139 Å². The van der Waals surface area contributed by atoms with Gasteiger partial charge in [0.2, 0.25) is 0 Å². The molecule has 0 fully saturated rings. The van der Waals surface area contributed by atoms with Gasteiger partial charge >= 0.3 is 5.97 Å². The maximum absolute atomic E-state index is 11.6. The molecule has 0 saturated carbocycles. The molecule has 0 spiro atoms. The number of carbonyl (C=O) groups excluding carboxylic acids is 1. The van der Waals surface area contributed by atoms with Crippen LogP contribution in [-0.4, -0.2) is 18.1 Å². The molecule has 0 aliphatic carbocycles. The van der Waals surface area contributed by atoms with Gasteiger partial charge in [0.1, 0.15) is 0 Å². The molecule has 0 amide bonds. The lowest BCUT2D eigenvalue weighted by Gasteiger charge is -2.13. The molecule has 23 heavy (non-hydrogen) atoms. The summed E-state index contributed by atoms with van der Waals surface area (Å²) in [6.07, 6.45) is 1.94. The fraction of sp³-hybridized carbons (Fsp3) is 0.111. The van der Waals surface area contributed by atoms with Gasteiger partial charge in [-0.15, -0.1) is 0 Å². The van der Waals surface area contributed by atoms with Crippen molar-refractivity contribution in [1.29, 1.82) is 0 Å². The summed E-state index contributed by atoms with van der Waals surface area (Å²) in [7, 11) is 1.39. The predicted octanol–water partition coefficient (Wildman–Crippen LogP) is 4.35. The van der Waals surface area contributed by atoms with Gasteiger partial charge in [0.15, 0.2) is 0 Å². The molecule has 5 heteroatoms. The number of ether oxygens (including phenoxy) is 1. The predicted molar refractivity (Wildman–Crippen MR) is 92.2 cm³/mol. The Morgan fingerprint density at radius 3 is 2.83 bits per heavy atom. The van der Waals surface area contributed by atoms with E-state index in [1.54, 1.807) is 6.20 Å². The van der Waals surface area contributed by atoms with E-state index in [9.17, 15) is 4.79 Å². The number of halogens is 1. The van der Waals surface area contributed by atoms with Gasteiger partial charge < -0.3 is 10.1 Å². The van der Waals surface area contributed by atoms with Gasteiger partial charge in [-0.2, -0.15) is 0 Å². The van der Waals surface area contributed by atoms with Crippen LogP contribution in [0.5, 0.6) is 0 Å². The Balaban J connectivity index is 1.98. The van der Waals surface area contributed by atoms with Crippen LogP contribution in [0.3, 0.4) is 0 Å². The molecule has 3 aromatic rings. The second-order valence-electron chi connectivity index (χ2n) is 5.06. The molecule has 0 atom stereocenters. The zero-order valence-electron chi connectivity index (χ0n) is 12.5. The van der Waals surface area contributed by atoms with E-state index in [2.05, 4.69) is 10.3 Å². The number of anilines is 2. The van der Waals surface area contributed by atoms with Crippen molar-refractivity contribution in [2.75, 3.05) is 12.4 Å². The Morgan fingerprint density at radius 1 is 1.17 bits per heavy atom. The van der Waals surface area contributed by atoms with E-state index >= 15 is 0 Å². The zero-order valence-corrected chi connectivity index (χ0v) is 13.3. The first-order valence-corrected chi connectivity index (χ1v) is 7.51. The van der Waals surface area contributed by atoms with Gasteiger partial charge in [-0.25, -0.2) is 0 Å². The summed E-state index contributed by atoms with van der Waals surface area (Å²) >= 11 is 6.02. The SMILES string of the molecule is COC(=O)Cc1ccccc1Nc1ccnc2cc(Cl)ccc12. The number of methoxy groups -OCH3 is 1. The maximum Gasteiger partial charge on any atom is 0.310 e. The van der Waals surface area contributed by atoms with Crippen molar-refractivity contribution in [3.8, 4) is 0 Å². The molecule has 0 unspecified atom stereocenters. The fourth-order valence-corrected chi connectivity index (χ4v) is 2.57. The zero-order chi connectivity index (χ0) is 16.2.